The van der Waals surface area contributed by atoms with E-state index in [-0.39, 0.29) is 6.42 Å². The molecule has 33 heavy (non-hydrogen) atoms. The van der Waals surface area contributed by atoms with Crippen molar-refractivity contribution in [2.24, 2.45) is 0 Å². The third-order valence-corrected chi connectivity index (χ3v) is 6.26. The van der Waals surface area contributed by atoms with E-state index < -0.39 is 5.97 Å². The van der Waals surface area contributed by atoms with Gasteiger partial charge in [-0.3, -0.25) is 14.5 Å². The molecule has 0 amide bonds. The van der Waals surface area contributed by atoms with E-state index in [1.54, 1.807) is 12.4 Å². The summed E-state index contributed by atoms with van der Waals surface area (Å²) in [5.41, 5.74) is 5.09. The Morgan fingerprint density at radius 2 is 1.85 bits per heavy atom. The van der Waals surface area contributed by atoms with Crippen LogP contribution in [0.3, 0.4) is 0 Å². The van der Waals surface area contributed by atoms with Crippen molar-refractivity contribution in [3.05, 3.63) is 101 Å². The van der Waals surface area contributed by atoms with Crippen molar-refractivity contribution >= 4 is 39.2 Å². The molecule has 0 unspecified atom stereocenters. The van der Waals surface area contributed by atoms with E-state index in [0.29, 0.717) is 17.1 Å². The van der Waals surface area contributed by atoms with Gasteiger partial charge >= 0.3 is 5.97 Å². The Morgan fingerprint density at radius 1 is 1.03 bits per heavy atom. The van der Waals surface area contributed by atoms with Crippen LogP contribution in [0.1, 0.15) is 22.6 Å². The molecular formula is C26H20N4O2S. The fraction of sp³-hybridized carbons (Fsp3) is 0.0769. The lowest BCUT2D eigenvalue weighted by molar-refractivity contribution is -0.135. The van der Waals surface area contributed by atoms with E-state index in [0.717, 1.165) is 32.6 Å². The minimum absolute atomic E-state index is 0.129. The molecule has 0 saturated heterocycles. The summed E-state index contributed by atoms with van der Waals surface area (Å²) in [5, 5.41) is 15.1. The molecule has 0 bridgehead atoms. The zero-order chi connectivity index (χ0) is 22.6. The molecule has 7 heteroatoms. The van der Waals surface area contributed by atoms with Gasteiger partial charge in [0.15, 0.2) is 0 Å². The molecule has 0 radical (unpaired) electrons. The average molecular weight is 453 g/mol. The van der Waals surface area contributed by atoms with E-state index in [1.807, 2.05) is 71.6 Å². The van der Waals surface area contributed by atoms with Crippen LogP contribution in [0.15, 0.2) is 85.3 Å². The monoisotopic (exact) mass is 452 g/mol. The molecule has 0 fully saturated rings. The third-order valence-electron chi connectivity index (χ3n) is 5.15. The zero-order valence-electron chi connectivity index (χ0n) is 17.6. The highest BCUT2D eigenvalue weighted by Gasteiger charge is 2.16. The molecule has 162 valence electrons. The minimum Gasteiger partial charge on any atom is -0.481 e. The van der Waals surface area contributed by atoms with Crippen LogP contribution < -0.4 is 0 Å². The number of benzene rings is 2. The van der Waals surface area contributed by atoms with Gasteiger partial charge in [-0.2, -0.15) is 5.10 Å². The summed E-state index contributed by atoms with van der Waals surface area (Å²) in [5.74, 6) is -0.903. The van der Waals surface area contributed by atoms with Crippen LogP contribution in [0.4, 0.5) is 0 Å². The fourth-order valence-electron chi connectivity index (χ4n) is 3.67. The van der Waals surface area contributed by atoms with Gasteiger partial charge in [-0.15, -0.1) is 11.3 Å². The second-order valence-corrected chi connectivity index (χ2v) is 8.62. The van der Waals surface area contributed by atoms with Crippen molar-refractivity contribution in [3.63, 3.8) is 0 Å². The number of fused-ring (bicyclic) bond motifs is 1. The first-order valence-electron chi connectivity index (χ1n) is 10.5. The minimum atomic E-state index is -0.903. The zero-order valence-corrected chi connectivity index (χ0v) is 18.4. The number of hydrogen-bond acceptors (Lipinski definition) is 5. The van der Waals surface area contributed by atoms with Gasteiger partial charge in [0.2, 0.25) is 0 Å². The number of hydrogen-bond donors (Lipinski definition) is 1. The SMILES string of the molecule is O=C(O)C/C(=C\c1cn(Cc2ccccc2)nc1-c1cccnc1)c1nc2ccccc2s1. The molecule has 5 rings (SSSR count). The quantitative estimate of drug-likeness (QED) is 0.347. The molecule has 5 aromatic rings. The molecular weight excluding hydrogens is 432 g/mol. The van der Waals surface area contributed by atoms with E-state index in [2.05, 4.69) is 22.1 Å². The van der Waals surface area contributed by atoms with Crippen LogP contribution in [0.5, 0.6) is 0 Å². The molecule has 0 aliphatic heterocycles. The van der Waals surface area contributed by atoms with Crippen LogP contribution in [-0.2, 0) is 11.3 Å². The summed E-state index contributed by atoms with van der Waals surface area (Å²) in [6.45, 7) is 0.608. The molecule has 0 aliphatic rings. The second-order valence-electron chi connectivity index (χ2n) is 7.58. The molecule has 3 aromatic heterocycles. The van der Waals surface area contributed by atoms with Crippen molar-refractivity contribution in [2.45, 2.75) is 13.0 Å². The number of pyridine rings is 1. The lowest BCUT2D eigenvalue weighted by atomic mass is 10.1. The largest absolute Gasteiger partial charge is 0.481 e. The van der Waals surface area contributed by atoms with E-state index in [1.165, 1.54) is 11.3 Å². The number of carboxylic acid groups (broad SMARTS) is 1. The highest BCUT2D eigenvalue weighted by atomic mass is 32.1. The first-order chi connectivity index (χ1) is 16.2. The molecule has 0 spiro atoms. The standard InChI is InChI=1S/C26H20N4O2S/c31-24(32)14-20(26-28-22-10-4-5-11-23(22)33-26)13-21-17-30(16-18-7-2-1-3-8-18)29-25(21)19-9-6-12-27-15-19/h1-13,15,17H,14,16H2,(H,31,32)/b20-13+. The summed E-state index contributed by atoms with van der Waals surface area (Å²) < 4.78 is 2.90. The van der Waals surface area contributed by atoms with Crippen molar-refractivity contribution in [3.8, 4) is 11.3 Å². The molecule has 0 aliphatic carbocycles. The molecule has 3 heterocycles. The maximum absolute atomic E-state index is 11.7. The maximum atomic E-state index is 11.7. The Hall–Kier alpha value is -4.10. The number of rotatable bonds is 7. The Morgan fingerprint density at radius 3 is 2.61 bits per heavy atom. The summed E-state index contributed by atoms with van der Waals surface area (Å²) in [7, 11) is 0. The lowest BCUT2D eigenvalue weighted by Gasteiger charge is -2.02. The van der Waals surface area contributed by atoms with Gasteiger partial charge in [0.25, 0.3) is 0 Å². The topological polar surface area (TPSA) is 80.9 Å². The van der Waals surface area contributed by atoms with Crippen LogP contribution in [0.25, 0.3) is 33.1 Å². The Bertz CT molecular complexity index is 1410. The van der Waals surface area contributed by atoms with Gasteiger partial charge in [-0.05, 0) is 41.5 Å². The number of para-hydroxylation sites is 1. The second kappa shape index (κ2) is 9.18. The summed E-state index contributed by atoms with van der Waals surface area (Å²) >= 11 is 1.50. The first-order valence-corrected chi connectivity index (χ1v) is 11.3. The molecule has 0 saturated carbocycles. The van der Waals surface area contributed by atoms with Crippen LogP contribution >= 0.6 is 11.3 Å². The van der Waals surface area contributed by atoms with Gasteiger partial charge in [0.1, 0.15) is 10.7 Å². The number of aliphatic carboxylic acids is 1. The maximum Gasteiger partial charge on any atom is 0.307 e. The van der Waals surface area contributed by atoms with Crippen molar-refractivity contribution in [2.75, 3.05) is 0 Å². The van der Waals surface area contributed by atoms with Crippen molar-refractivity contribution < 1.29 is 9.90 Å². The number of nitrogens with zero attached hydrogens (tertiary/aromatic N) is 4. The highest BCUT2D eigenvalue weighted by molar-refractivity contribution is 7.19. The first kappa shape index (κ1) is 20.8. The van der Waals surface area contributed by atoms with Gasteiger partial charge in [-0.25, -0.2) is 4.98 Å². The van der Waals surface area contributed by atoms with Gasteiger partial charge < -0.3 is 5.11 Å². The smallest absolute Gasteiger partial charge is 0.307 e. The summed E-state index contributed by atoms with van der Waals surface area (Å²) in [6.07, 6.45) is 7.20. The van der Waals surface area contributed by atoms with Crippen LogP contribution in [0, 0.1) is 0 Å². The summed E-state index contributed by atoms with van der Waals surface area (Å²) in [6, 6.07) is 21.7. The fourth-order valence-corrected chi connectivity index (χ4v) is 4.65. The Labute approximate surface area is 194 Å². The lowest BCUT2D eigenvalue weighted by Crippen LogP contribution is -2.00. The van der Waals surface area contributed by atoms with E-state index in [9.17, 15) is 9.90 Å². The third kappa shape index (κ3) is 4.73. The van der Waals surface area contributed by atoms with E-state index in [4.69, 9.17) is 5.10 Å². The number of carboxylic acids is 1. The number of aromatic nitrogens is 4. The predicted molar refractivity (Wildman–Crippen MR) is 131 cm³/mol. The summed E-state index contributed by atoms with van der Waals surface area (Å²) in [4.78, 5) is 20.6. The van der Waals surface area contributed by atoms with Gasteiger partial charge in [-0.1, -0.05) is 42.5 Å². The van der Waals surface area contributed by atoms with Gasteiger partial charge in [0, 0.05) is 29.7 Å². The van der Waals surface area contributed by atoms with Crippen molar-refractivity contribution in [1.29, 1.82) is 0 Å². The Balaban J connectivity index is 1.61. The average Bonchev–Trinajstić information content (AvgIpc) is 3.44. The highest BCUT2D eigenvalue weighted by Crippen LogP contribution is 2.32. The molecule has 0 atom stereocenters. The molecule has 2 aromatic carbocycles. The normalized spacial score (nSPS) is 11.7. The molecule has 6 nitrogen and oxygen atoms in total. The van der Waals surface area contributed by atoms with Gasteiger partial charge in [0.05, 0.1) is 23.2 Å². The van der Waals surface area contributed by atoms with E-state index >= 15 is 0 Å². The van der Waals surface area contributed by atoms with Crippen LogP contribution in [-0.4, -0.2) is 30.8 Å². The number of carbonyl (C=O) groups is 1. The van der Waals surface area contributed by atoms with Crippen molar-refractivity contribution in [1.82, 2.24) is 19.7 Å². The predicted octanol–water partition coefficient (Wildman–Crippen LogP) is 5.62. The molecule has 1 N–H and O–H groups in total. The van der Waals surface area contributed by atoms with Crippen LogP contribution in [0.2, 0.25) is 0 Å². The number of thiazole rings is 1. The Kier molecular flexibility index (Phi) is 5.78.